The minimum absolute atomic E-state index is 0.314. The maximum atomic E-state index is 12.5. The van der Waals surface area contributed by atoms with Crippen molar-refractivity contribution < 1.29 is 19.4 Å². The van der Waals surface area contributed by atoms with Gasteiger partial charge in [0.15, 0.2) is 0 Å². The first-order chi connectivity index (χ1) is 11.5. The lowest BCUT2D eigenvalue weighted by molar-refractivity contribution is 0.0848. The Labute approximate surface area is 142 Å². The van der Waals surface area contributed by atoms with Crippen molar-refractivity contribution >= 4 is 5.91 Å². The molecule has 0 radical (unpaired) electrons. The molecule has 0 aliphatic rings. The number of benzene rings is 2. The van der Waals surface area contributed by atoms with Crippen LogP contribution in [-0.4, -0.2) is 37.4 Å². The third-order valence-corrected chi connectivity index (χ3v) is 3.87. The molecule has 0 aliphatic carbocycles. The van der Waals surface area contributed by atoms with Crippen molar-refractivity contribution in [1.82, 2.24) is 5.32 Å². The van der Waals surface area contributed by atoms with E-state index in [-0.39, 0.29) is 5.91 Å². The van der Waals surface area contributed by atoms with E-state index in [0.717, 1.165) is 5.56 Å². The molecule has 2 aromatic carbocycles. The molecule has 128 valence electrons. The van der Waals surface area contributed by atoms with Crippen molar-refractivity contribution in [3.8, 4) is 11.5 Å². The number of rotatable bonds is 7. The summed E-state index contributed by atoms with van der Waals surface area (Å²) in [5.41, 5.74) is 1.39. The summed E-state index contributed by atoms with van der Waals surface area (Å²) >= 11 is 0. The molecule has 0 unspecified atom stereocenters. The Morgan fingerprint density at radius 1 is 1.12 bits per heavy atom. The molecular formula is C19H23NO4. The van der Waals surface area contributed by atoms with Gasteiger partial charge in [0.25, 0.3) is 5.91 Å². The summed E-state index contributed by atoms with van der Waals surface area (Å²) in [4.78, 5) is 12.5. The highest BCUT2D eigenvalue weighted by Crippen LogP contribution is 2.24. The van der Waals surface area contributed by atoms with Crippen molar-refractivity contribution in [2.24, 2.45) is 0 Å². The second-order valence-corrected chi connectivity index (χ2v) is 5.59. The van der Waals surface area contributed by atoms with Gasteiger partial charge in [-0.1, -0.05) is 30.3 Å². The minimum Gasteiger partial charge on any atom is -0.497 e. The zero-order valence-electron chi connectivity index (χ0n) is 14.2. The molecule has 2 N–H and O–H groups in total. The van der Waals surface area contributed by atoms with Crippen LogP contribution in [0.25, 0.3) is 0 Å². The number of aliphatic hydroxyl groups is 1. The lowest BCUT2D eigenvalue weighted by Gasteiger charge is -2.21. The maximum Gasteiger partial charge on any atom is 0.255 e. The molecule has 0 fully saturated rings. The van der Waals surface area contributed by atoms with Crippen LogP contribution in [0.1, 0.15) is 22.8 Å². The van der Waals surface area contributed by atoms with E-state index in [2.05, 4.69) is 5.32 Å². The molecule has 2 atom stereocenters. The van der Waals surface area contributed by atoms with Crippen molar-refractivity contribution in [3.05, 3.63) is 59.7 Å². The number of methoxy groups -OCH3 is 2. The highest BCUT2D eigenvalue weighted by atomic mass is 16.5. The molecule has 0 heterocycles. The van der Waals surface area contributed by atoms with Crippen molar-refractivity contribution in [1.29, 1.82) is 0 Å². The average Bonchev–Trinajstić information content (AvgIpc) is 2.61. The predicted octanol–water partition coefficient (Wildman–Crippen LogP) is 2.43. The van der Waals surface area contributed by atoms with Gasteiger partial charge < -0.3 is 19.9 Å². The van der Waals surface area contributed by atoms with E-state index in [4.69, 9.17) is 9.47 Å². The standard InChI is InChI=1S/C19H23NO4/c1-13(17(21)11-14-7-5-4-6-8-14)20-19(22)16-12-15(23-2)9-10-18(16)24-3/h4-10,12-13,17,21H,11H2,1-3H3,(H,20,22)/t13-,17+/m0/s1. The number of carbonyl (C=O) groups excluding carboxylic acids is 1. The number of aliphatic hydroxyl groups excluding tert-OH is 1. The summed E-state index contributed by atoms with van der Waals surface area (Å²) in [6.07, 6.45) is -0.217. The fraction of sp³-hybridized carbons (Fsp3) is 0.316. The highest BCUT2D eigenvalue weighted by Gasteiger charge is 2.20. The number of ether oxygens (including phenoxy) is 2. The van der Waals surface area contributed by atoms with E-state index < -0.39 is 12.1 Å². The summed E-state index contributed by atoms with van der Waals surface area (Å²) in [7, 11) is 3.04. The summed E-state index contributed by atoms with van der Waals surface area (Å²) in [5, 5.41) is 13.1. The second kappa shape index (κ2) is 8.36. The number of amides is 1. The first kappa shape index (κ1) is 17.8. The maximum absolute atomic E-state index is 12.5. The third kappa shape index (κ3) is 4.49. The number of hydrogen-bond acceptors (Lipinski definition) is 4. The Morgan fingerprint density at radius 3 is 2.46 bits per heavy atom. The van der Waals surface area contributed by atoms with Gasteiger partial charge in [0, 0.05) is 6.42 Å². The Morgan fingerprint density at radius 2 is 1.83 bits per heavy atom. The summed E-state index contributed by atoms with van der Waals surface area (Å²) in [6.45, 7) is 1.78. The SMILES string of the molecule is COc1ccc(OC)c(C(=O)N[C@@H](C)[C@H](O)Cc2ccccc2)c1. The largest absolute Gasteiger partial charge is 0.497 e. The lowest BCUT2D eigenvalue weighted by atomic mass is 10.0. The highest BCUT2D eigenvalue weighted by molar-refractivity contribution is 5.97. The quantitative estimate of drug-likeness (QED) is 0.819. The Balaban J connectivity index is 2.05. The molecule has 24 heavy (non-hydrogen) atoms. The van der Waals surface area contributed by atoms with E-state index in [0.29, 0.717) is 23.5 Å². The topological polar surface area (TPSA) is 67.8 Å². The normalized spacial score (nSPS) is 13.0. The molecule has 1 amide bonds. The summed E-state index contributed by atoms with van der Waals surface area (Å²) in [6, 6.07) is 14.3. The molecule has 0 saturated heterocycles. The molecule has 2 rings (SSSR count). The average molecular weight is 329 g/mol. The fourth-order valence-corrected chi connectivity index (χ4v) is 2.40. The van der Waals surface area contributed by atoms with Crippen LogP contribution in [0.3, 0.4) is 0 Å². The number of nitrogens with one attached hydrogen (secondary N) is 1. The first-order valence-corrected chi connectivity index (χ1v) is 7.80. The third-order valence-electron chi connectivity index (χ3n) is 3.87. The lowest BCUT2D eigenvalue weighted by Crippen LogP contribution is -2.42. The molecule has 5 nitrogen and oxygen atoms in total. The van der Waals surface area contributed by atoms with E-state index in [1.807, 2.05) is 30.3 Å². The second-order valence-electron chi connectivity index (χ2n) is 5.59. The van der Waals surface area contributed by atoms with Crippen molar-refractivity contribution in [2.45, 2.75) is 25.5 Å². The van der Waals surface area contributed by atoms with Crippen LogP contribution in [0.2, 0.25) is 0 Å². The minimum atomic E-state index is -0.687. The van der Waals surface area contributed by atoms with Crippen molar-refractivity contribution in [2.75, 3.05) is 14.2 Å². The van der Waals surface area contributed by atoms with Crippen LogP contribution >= 0.6 is 0 Å². The molecular weight excluding hydrogens is 306 g/mol. The van der Waals surface area contributed by atoms with Gasteiger partial charge in [-0.3, -0.25) is 4.79 Å². The first-order valence-electron chi connectivity index (χ1n) is 7.80. The van der Waals surface area contributed by atoms with Crippen LogP contribution in [0.15, 0.2) is 48.5 Å². The van der Waals surface area contributed by atoms with Gasteiger partial charge >= 0.3 is 0 Å². The molecule has 2 aromatic rings. The van der Waals surface area contributed by atoms with Gasteiger partial charge in [-0.25, -0.2) is 0 Å². The fourth-order valence-electron chi connectivity index (χ4n) is 2.40. The van der Waals surface area contributed by atoms with E-state index >= 15 is 0 Å². The van der Waals surface area contributed by atoms with Crippen LogP contribution in [0.4, 0.5) is 0 Å². The zero-order valence-corrected chi connectivity index (χ0v) is 14.2. The van der Waals surface area contributed by atoms with E-state index in [1.165, 1.54) is 14.2 Å². The van der Waals surface area contributed by atoms with E-state index in [1.54, 1.807) is 25.1 Å². The van der Waals surface area contributed by atoms with Crippen LogP contribution < -0.4 is 14.8 Å². The van der Waals surface area contributed by atoms with E-state index in [9.17, 15) is 9.90 Å². The monoisotopic (exact) mass is 329 g/mol. The predicted molar refractivity (Wildman–Crippen MR) is 92.6 cm³/mol. The molecule has 0 saturated carbocycles. The van der Waals surface area contributed by atoms with Crippen LogP contribution in [0.5, 0.6) is 11.5 Å². The van der Waals surface area contributed by atoms with Gasteiger partial charge in [-0.2, -0.15) is 0 Å². The number of carbonyl (C=O) groups is 1. The molecule has 0 aliphatic heterocycles. The molecule has 0 bridgehead atoms. The van der Waals surface area contributed by atoms with Gasteiger partial charge in [0.1, 0.15) is 11.5 Å². The summed E-state index contributed by atoms with van der Waals surface area (Å²) < 4.78 is 10.4. The Hall–Kier alpha value is -2.53. The number of hydrogen-bond donors (Lipinski definition) is 2. The molecule has 0 spiro atoms. The van der Waals surface area contributed by atoms with Crippen LogP contribution in [-0.2, 0) is 6.42 Å². The Bertz CT molecular complexity index is 672. The van der Waals surface area contributed by atoms with Gasteiger partial charge in [0.2, 0.25) is 0 Å². The summed E-state index contributed by atoms with van der Waals surface area (Å²) in [5.74, 6) is 0.710. The Kier molecular flexibility index (Phi) is 6.21. The molecule has 0 aromatic heterocycles. The van der Waals surface area contributed by atoms with Crippen molar-refractivity contribution in [3.63, 3.8) is 0 Å². The van der Waals surface area contributed by atoms with Gasteiger partial charge in [0.05, 0.1) is 31.9 Å². The van der Waals surface area contributed by atoms with Crippen LogP contribution in [0, 0.1) is 0 Å². The van der Waals surface area contributed by atoms with Gasteiger partial charge in [-0.05, 0) is 30.7 Å². The molecule has 5 heteroatoms. The zero-order chi connectivity index (χ0) is 17.5. The van der Waals surface area contributed by atoms with Gasteiger partial charge in [-0.15, -0.1) is 0 Å². The smallest absolute Gasteiger partial charge is 0.255 e.